The van der Waals surface area contributed by atoms with E-state index in [2.05, 4.69) is 20.3 Å². The highest BCUT2D eigenvalue weighted by molar-refractivity contribution is 7.98. The highest BCUT2D eigenvalue weighted by Crippen LogP contribution is 2.18. The van der Waals surface area contributed by atoms with Crippen molar-refractivity contribution in [2.75, 3.05) is 11.6 Å². The fourth-order valence-corrected chi connectivity index (χ4v) is 2.00. The molecule has 2 aromatic heterocycles. The molecule has 5 nitrogen and oxygen atoms in total. The average Bonchev–Trinajstić information content (AvgIpc) is 2.46. The van der Waals surface area contributed by atoms with Gasteiger partial charge in [-0.2, -0.15) is 0 Å². The van der Waals surface area contributed by atoms with Crippen molar-refractivity contribution in [3.05, 3.63) is 36.3 Å². The summed E-state index contributed by atoms with van der Waals surface area (Å²) in [6.45, 7) is 4.59. The summed E-state index contributed by atoms with van der Waals surface area (Å²) in [5.74, 6) is 1.46. The molecule has 0 aromatic carbocycles. The zero-order valence-corrected chi connectivity index (χ0v) is 12.6. The van der Waals surface area contributed by atoms with E-state index in [0.29, 0.717) is 12.4 Å². The molecule has 0 atom stereocenters. The Morgan fingerprint density at radius 1 is 1.30 bits per heavy atom. The molecule has 0 fully saturated rings. The SMILES string of the molecule is CSc1cc(NCc2cccnc2OC(C)C)ncn1. The van der Waals surface area contributed by atoms with E-state index in [-0.39, 0.29) is 6.10 Å². The number of rotatable bonds is 6. The number of nitrogens with one attached hydrogen (secondary N) is 1. The summed E-state index contributed by atoms with van der Waals surface area (Å²) in [4.78, 5) is 12.6. The standard InChI is InChI=1S/C14H18N4OS/c1-10(2)19-14-11(5-4-6-15-14)8-16-12-7-13(20-3)18-9-17-12/h4-7,9-10H,8H2,1-3H3,(H,16,17,18). The molecule has 0 saturated heterocycles. The summed E-state index contributed by atoms with van der Waals surface area (Å²) < 4.78 is 5.69. The Balaban J connectivity index is 2.06. The van der Waals surface area contributed by atoms with Gasteiger partial charge >= 0.3 is 0 Å². The van der Waals surface area contributed by atoms with E-state index < -0.39 is 0 Å². The van der Waals surface area contributed by atoms with Gasteiger partial charge in [-0.3, -0.25) is 0 Å². The second-order valence-electron chi connectivity index (χ2n) is 4.43. The third kappa shape index (κ3) is 4.09. The van der Waals surface area contributed by atoms with Crippen LogP contribution >= 0.6 is 11.8 Å². The van der Waals surface area contributed by atoms with Crippen LogP contribution < -0.4 is 10.1 Å². The van der Waals surface area contributed by atoms with Gasteiger partial charge in [-0.15, -0.1) is 11.8 Å². The molecule has 106 valence electrons. The molecule has 2 aromatic rings. The number of hydrogen-bond donors (Lipinski definition) is 1. The van der Waals surface area contributed by atoms with Gasteiger partial charge in [-0.1, -0.05) is 6.07 Å². The van der Waals surface area contributed by atoms with E-state index in [1.807, 2.05) is 38.3 Å². The number of nitrogens with zero attached hydrogens (tertiary/aromatic N) is 3. The smallest absolute Gasteiger partial charge is 0.218 e. The van der Waals surface area contributed by atoms with Crippen molar-refractivity contribution in [2.45, 2.75) is 31.5 Å². The van der Waals surface area contributed by atoms with Crippen molar-refractivity contribution in [3.8, 4) is 5.88 Å². The Morgan fingerprint density at radius 3 is 2.90 bits per heavy atom. The van der Waals surface area contributed by atoms with Crippen LogP contribution in [0.4, 0.5) is 5.82 Å². The molecule has 0 aliphatic carbocycles. The molecule has 0 bridgehead atoms. The van der Waals surface area contributed by atoms with Crippen LogP contribution in [0.15, 0.2) is 35.7 Å². The molecule has 0 spiro atoms. The summed E-state index contributed by atoms with van der Waals surface area (Å²) in [6.07, 6.45) is 5.38. The first-order chi connectivity index (χ1) is 9.69. The topological polar surface area (TPSA) is 59.9 Å². The predicted octanol–water partition coefficient (Wildman–Crippen LogP) is 2.99. The normalized spacial score (nSPS) is 10.6. The molecule has 6 heteroatoms. The molecule has 0 aliphatic heterocycles. The zero-order valence-electron chi connectivity index (χ0n) is 11.8. The van der Waals surface area contributed by atoms with E-state index in [9.17, 15) is 0 Å². The van der Waals surface area contributed by atoms with E-state index in [1.54, 1.807) is 24.3 Å². The summed E-state index contributed by atoms with van der Waals surface area (Å²) >= 11 is 1.59. The third-order valence-electron chi connectivity index (χ3n) is 2.51. The summed E-state index contributed by atoms with van der Waals surface area (Å²) in [5, 5.41) is 4.20. The predicted molar refractivity (Wildman–Crippen MR) is 81.1 cm³/mol. The first-order valence-electron chi connectivity index (χ1n) is 6.39. The Morgan fingerprint density at radius 2 is 2.15 bits per heavy atom. The number of thioether (sulfide) groups is 1. The van der Waals surface area contributed by atoms with Crippen LogP contribution in [-0.4, -0.2) is 27.3 Å². The Labute approximate surface area is 123 Å². The van der Waals surface area contributed by atoms with Gasteiger partial charge in [-0.25, -0.2) is 15.0 Å². The van der Waals surface area contributed by atoms with Gasteiger partial charge in [0.1, 0.15) is 17.2 Å². The third-order valence-corrected chi connectivity index (χ3v) is 3.15. The molecule has 2 heterocycles. The summed E-state index contributed by atoms with van der Waals surface area (Å²) in [5.41, 5.74) is 1.01. The molecule has 20 heavy (non-hydrogen) atoms. The van der Waals surface area contributed by atoms with Crippen LogP contribution in [0.1, 0.15) is 19.4 Å². The van der Waals surface area contributed by atoms with Gasteiger partial charge in [0.15, 0.2) is 0 Å². The minimum absolute atomic E-state index is 0.103. The molecule has 0 radical (unpaired) electrons. The highest BCUT2D eigenvalue weighted by atomic mass is 32.2. The van der Waals surface area contributed by atoms with Gasteiger partial charge in [0.2, 0.25) is 5.88 Å². The molecule has 0 saturated carbocycles. The van der Waals surface area contributed by atoms with Crippen LogP contribution in [0.5, 0.6) is 5.88 Å². The number of pyridine rings is 1. The molecule has 1 N–H and O–H groups in total. The first kappa shape index (κ1) is 14.6. The van der Waals surface area contributed by atoms with Crippen molar-refractivity contribution in [3.63, 3.8) is 0 Å². The molecular formula is C14H18N4OS. The minimum atomic E-state index is 0.103. The molecule has 2 rings (SSSR count). The van der Waals surface area contributed by atoms with Crippen molar-refractivity contribution in [2.24, 2.45) is 0 Å². The van der Waals surface area contributed by atoms with Crippen molar-refractivity contribution in [1.29, 1.82) is 0 Å². The van der Waals surface area contributed by atoms with Crippen molar-refractivity contribution < 1.29 is 4.74 Å². The quantitative estimate of drug-likeness (QED) is 0.652. The van der Waals surface area contributed by atoms with Crippen LogP contribution in [-0.2, 0) is 6.54 Å². The minimum Gasteiger partial charge on any atom is -0.475 e. The fourth-order valence-electron chi connectivity index (χ4n) is 1.62. The maximum absolute atomic E-state index is 5.69. The van der Waals surface area contributed by atoms with Crippen LogP contribution in [0.3, 0.4) is 0 Å². The summed E-state index contributed by atoms with van der Waals surface area (Å²) in [6, 6.07) is 5.82. The highest BCUT2D eigenvalue weighted by Gasteiger charge is 2.07. The molecule has 0 amide bonds. The summed E-state index contributed by atoms with van der Waals surface area (Å²) in [7, 11) is 0. The van der Waals surface area contributed by atoms with Gasteiger partial charge in [-0.05, 0) is 26.2 Å². The fraction of sp³-hybridized carbons (Fsp3) is 0.357. The Kier molecular flexibility index (Phi) is 5.17. The van der Waals surface area contributed by atoms with E-state index in [4.69, 9.17) is 4.74 Å². The molecule has 0 aliphatic rings. The number of hydrogen-bond acceptors (Lipinski definition) is 6. The monoisotopic (exact) mass is 290 g/mol. The van der Waals surface area contributed by atoms with E-state index in [1.165, 1.54) is 0 Å². The van der Waals surface area contributed by atoms with Gasteiger partial charge in [0.25, 0.3) is 0 Å². The van der Waals surface area contributed by atoms with Gasteiger partial charge in [0, 0.05) is 24.4 Å². The Hall–Kier alpha value is -1.82. The zero-order chi connectivity index (χ0) is 14.4. The lowest BCUT2D eigenvalue weighted by molar-refractivity contribution is 0.230. The van der Waals surface area contributed by atoms with Crippen molar-refractivity contribution in [1.82, 2.24) is 15.0 Å². The first-order valence-corrected chi connectivity index (χ1v) is 7.62. The van der Waals surface area contributed by atoms with Crippen LogP contribution in [0, 0.1) is 0 Å². The second-order valence-corrected chi connectivity index (χ2v) is 5.26. The molecular weight excluding hydrogens is 272 g/mol. The maximum atomic E-state index is 5.69. The van der Waals surface area contributed by atoms with Gasteiger partial charge in [0.05, 0.1) is 6.10 Å². The molecule has 0 unspecified atom stereocenters. The average molecular weight is 290 g/mol. The number of anilines is 1. The number of ether oxygens (including phenoxy) is 1. The maximum Gasteiger partial charge on any atom is 0.218 e. The largest absolute Gasteiger partial charge is 0.475 e. The lowest BCUT2D eigenvalue weighted by Gasteiger charge is -2.13. The van der Waals surface area contributed by atoms with Crippen molar-refractivity contribution >= 4 is 17.6 Å². The lowest BCUT2D eigenvalue weighted by atomic mass is 10.2. The van der Waals surface area contributed by atoms with Gasteiger partial charge < -0.3 is 10.1 Å². The number of aromatic nitrogens is 3. The Bertz CT molecular complexity index is 562. The lowest BCUT2D eigenvalue weighted by Crippen LogP contribution is -2.11. The van der Waals surface area contributed by atoms with Crippen LogP contribution in [0.25, 0.3) is 0 Å². The van der Waals surface area contributed by atoms with E-state index >= 15 is 0 Å². The van der Waals surface area contributed by atoms with E-state index in [0.717, 1.165) is 16.4 Å². The second kappa shape index (κ2) is 7.09. The van der Waals surface area contributed by atoms with Crippen LogP contribution in [0.2, 0.25) is 0 Å².